The van der Waals surface area contributed by atoms with Gasteiger partial charge in [-0.3, -0.25) is 4.79 Å². The summed E-state index contributed by atoms with van der Waals surface area (Å²) < 4.78 is 0. The lowest BCUT2D eigenvalue weighted by Gasteiger charge is -2.30. The summed E-state index contributed by atoms with van der Waals surface area (Å²) >= 11 is 0. The zero-order valence-corrected chi connectivity index (χ0v) is 10.8. The minimum Gasteiger partial charge on any atom is -0.390 e. The third-order valence-corrected chi connectivity index (χ3v) is 2.16. The first-order valence-electron chi connectivity index (χ1n) is 5.55. The van der Waals surface area contributed by atoms with Gasteiger partial charge in [0, 0.05) is 12.0 Å². The Bertz CT molecular complexity index is 214. The van der Waals surface area contributed by atoms with E-state index in [1.165, 1.54) is 0 Å². The van der Waals surface area contributed by atoms with Gasteiger partial charge >= 0.3 is 0 Å². The maximum Gasteiger partial charge on any atom is 0.225 e. The molecule has 0 rings (SSSR count). The molecule has 0 saturated carbocycles. The van der Waals surface area contributed by atoms with E-state index in [2.05, 4.69) is 19.2 Å². The van der Waals surface area contributed by atoms with E-state index in [-0.39, 0.29) is 5.91 Å². The monoisotopic (exact) mass is 215 g/mol. The van der Waals surface area contributed by atoms with Crippen LogP contribution < -0.4 is 5.32 Å². The lowest BCUT2D eigenvalue weighted by molar-refractivity contribution is -0.132. The molecule has 0 heterocycles. The average Bonchev–Trinajstić information content (AvgIpc) is 1.94. The highest BCUT2D eigenvalue weighted by Crippen LogP contribution is 2.27. The summed E-state index contributed by atoms with van der Waals surface area (Å²) in [6, 6.07) is 0. The first-order valence-corrected chi connectivity index (χ1v) is 5.55. The summed E-state index contributed by atoms with van der Waals surface area (Å²) in [6.07, 6.45) is 0.462. The lowest BCUT2D eigenvalue weighted by Crippen LogP contribution is -2.42. The molecule has 0 aliphatic rings. The summed E-state index contributed by atoms with van der Waals surface area (Å²) in [4.78, 5) is 11.8. The highest BCUT2D eigenvalue weighted by atomic mass is 16.3. The molecule has 0 atom stereocenters. The van der Waals surface area contributed by atoms with Gasteiger partial charge in [0.25, 0.3) is 0 Å². The van der Waals surface area contributed by atoms with Crippen LogP contribution in [-0.2, 0) is 4.79 Å². The van der Waals surface area contributed by atoms with Crippen molar-refractivity contribution in [1.82, 2.24) is 5.32 Å². The van der Waals surface area contributed by atoms with Crippen molar-refractivity contribution in [2.75, 3.05) is 6.54 Å². The van der Waals surface area contributed by atoms with Crippen molar-refractivity contribution >= 4 is 5.91 Å². The number of hydrogen-bond donors (Lipinski definition) is 2. The normalized spacial score (nSPS) is 13.1. The maximum absolute atomic E-state index is 11.8. The maximum atomic E-state index is 11.8. The molecule has 15 heavy (non-hydrogen) atoms. The van der Waals surface area contributed by atoms with Crippen LogP contribution in [0, 0.1) is 11.3 Å². The van der Waals surface area contributed by atoms with E-state index < -0.39 is 11.0 Å². The molecule has 0 aromatic rings. The molecule has 1 amide bonds. The third-order valence-electron chi connectivity index (χ3n) is 2.16. The van der Waals surface area contributed by atoms with Gasteiger partial charge in [-0.1, -0.05) is 27.7 Å². The van der Waals surface area contributed by atoms with E-state index in [0.29, 0.717) is 18.9 Å². The average molecular weight is 215 g/mol. The molecule has 3 nitrogen and oxygen atoms in total. The highest BCUT2D eigenvalue weighted by molar-refractivity contribution is 5.81. The predicted octanol–water partition coefficient (Wildman–Crippen LogP) is 1.95. The van der Waals surface area contributed by atoms with Crippen LogP contribution in [0.25, 0.3) is 0 Å². The fraction of sp³-hybridized carbons (Fsp3) is 0.917. The molecule has 0 spiro atoms. The van der Waals surface area contributed by atoms with Crippen molar-refractivity contribution < 1.29 is 9.90 Å². The second kappa shape index (κ2) is 4.97. The van der Waals surface area contributed by atoms with Crippen LogP contribution in [0.15, 0.2) is 0 Å². The van der Waals surface area contributed by atoms with Gasteiger partial charge in [-0.05, 0) is 26.2 Å². The van der Waals surface area contributed by atoms with Crippen molar-refractivity contribution in [2.45, 2.75) is 53.6 Å². The molecule has 0 radical (unpaired) electrons. The standard InChI is InChI=1S/C12H25NO2/c1-9(2)7-13-10(14)11(3,4)8-12(5,6)15/h9,15H,7-8H2,1-6H3,(H,13,14). The van der Waals surface area contributed by atoms with Crippen molar-refractivity contribution in [1.29, 1.82) is 0 Å². The number of carbonyl (C=O) groups excluding carboxylic acids is 1. The van der Waals surface area contributed by atoms with Crippen LogP contribution in [0.4, 0.5) is 0 Å². The summed E-state index contributed by atoms with van der Waals surface area (Å²) in [6.45, 7) is 12.0. The molecule has 0 unspecified atom stereocenters. The van der Waals surface area contributed by atoms with E-state index in [1.54, 1.807) is 13.8 Å². The Labute approximate surface area is 93.3 Å². The predicted molar refractivity (Wildman–Crippen MR) is 62.5 cm³/mol. The number of amides is 1. The number of rotatable bonds is 5. The Balaban J connectivity index is 4.27. The van der Waals surface area contributed by atoms with E-state index in [0.717, 1.165) is 0 Å². The van der Waals surface area contributed by atoms with Gasteiger partial charge < -0.3 is 10.4 Å². The van der Waals surface area contributed by atoms with Gasteiger partial charge in [-0.15, -0.1) is 0 Å². The molecular formula is C12H25NO2. The molecule has 90 valence electrons. The molecule has 3 heteroatoms. The molecule has 0 aliphatic carbocycles. The molecule has 2 N–H and O–H groups in total. The van der Waals surface area contributed by atoms with Crippen LogP contribution in [0.2, 0.25) is 0 Å². The van der Waals surface area contributed by atoms with Crippen LogP contribution in [-0.4, -0.2) is 23.2 Å². The second-order valence-electron chi connectivity index (χ2n) is 5.98. The topological polar surface area (TPSA) is 49.3 Å². The Morgan fingerprint density at radius 2 is 1.73 bits per heavy atom. The number of aliphatic hydroxyl groups is 1. The largest absolute Gasteiger partial charge is 0.390 e. The Kier molecular flexibility index (Phi) is 4.78. The Hall–Kier alpha value is -0.570. The molecule has 0 aromatic heterocycles. The summed E-state index contributed by atoms with van der Waals surface area (Å²) in [7, 11) is 0. The van der Waals surface area contributed by atoms with E-state index in [1.807, 2.05) is 13.8 Å². The fourth-order valence-electron chi connectivity index (χ4n) is 1.70. The van der Waals surface area contributed by atoms with Crippen molar-refractivity contribution in [2.24, 2.45) is 11.3 Å². The Morgan fingerprint density at radius 3 is 2.07 bits per heavy atom. The van der Waals surface area contributed by atoms with E-state index in [9.17, 15) is 9.90 Å². The number of carbonyl (C=O) groups is 1. The van der Waals surface area contributed by atoms with Gasteiger partial charge in [0.05, 0.1) is 5.60 Å². The summed E-state index contributed by atoms with van der Waals surface area (Å²) in [5.74, 6) is 0.463. The summed E-state index contributed by atoms with van der Waals surface area (Å²) in [5, 5.41) is 12.6. The third kappa shape index (κ3) is 6.50. The zero-order chi connectivity index (χ0) is 12.3. The molecule has 0 aliphatic heterocycles. The fourth-order valence-corrected chi connectivity index (χ4v) is 1.70. The van der Waals surface area contributed by atoms with Crippen molar-refractivity contribution in [3.63, 3.8) is 0 Å². The van der Waals surface area contributed by atoms with Gasteiger partial charge in [0.2, 0.25) is 5.91 Å². The highest BCUT2D eigenvalue weighted by Gasteiger charge is 2.33. The van der Waals surface area contributed by atoms with Gasteiger partial charge in [-0.25, -0.2) is 0 Å². The first-order chi connectivity index (χ1) is 6.54. The van der Waals surface area contributed by atoms with Crippen LogP contribution in [0.5, 0.6) is 0 Å². The number of nitrogens with one attached hydrogen (secondary N) is 1. The van der Waals surface area contributed by atoms with E-state index >= 15 is 0 Å². The lowest BCUT2D eigenvalue weighted by atomic mass is 9.81. The first kappa shape index (κ1) is 14.4. The number of hydrogen-bond acceptors (Lipinski definition) is 2. The zero-order valence-electron chi connectivity index (χ0n) is 10.8. The van der Waals surface area contributed by atoms with Crippen LogP contribution in [0.1, 0.15) is 48.0 Å². The van der Waals surface area contributed by atoms with Crippen LogP contribution >= 0.6 is 0 Å². The molecule has 0 fully saturated rings. The molecule has 0 aromatic carbocycles. The van der Waals surface area contributed by atoms with Gasteiger partial charge in [0.1, 0.15) is 0 Å². The van der Waals surface area contributed by atoms with Crippen LogP contribution in [0.3, 0.4) is 0 Å². The van der Waals surface area contributed by atoms with Crippen molar-refractivity contribution in [3.05, 3.63) is 0 Å². The molecule has 0 bridgehead atoms. The Morgan fingerprint density at radius 1 is 1.27 bits per heavy atom. The van der Waals surface area contributed by atoms with Crippen molar-refractivity contribution in [3.8, 4) is 0 Å². The summed E-state index contributed by atoms with van der Waals surface area (Å²) in [5.41, 5.74) is -1.33. The molecule has 0 saturated heterocycles. The van der Waals surface area contributed by atoms with Gasteiger partial charge in [0.15, 0.2) is 0 Å². The smallest absolute Gasteiger partial charge is 0.225 e. The second-order valence-corrected chi connectivity index (χ2v) is 5.98. The SMILES string of the molecule is CC(C)CNC(=O)C(C)(C)CC(C)(C)O. The molecular weight excluding hydrogens is 190 g/mol. The quantitative estimate of drug-likeness (QED) is 0.736. The minimum absolute atomic E-state index is 0.0123. The minimum atomic E-state index is -0.807. The van der Waals surface area contributed by atoms with E-state index in [4.69, 9.17) is 0 Å². The van der Waals surface area contributed by atoms with Gasteiger partial charge in [-0.2, -0.15) is 0 Å².